The highest BCUT2D eigenvalue weighted by atomic mass is 28.4. The number of hydrogen-bond donors (Lipinski definition) is 0. The molecule has 1 saturated heterocycles. The average Bonchev–Trinajstić information content (AvgIpc) is 2.80. The van der Waals surface area contributed by atoms with E-state index in [0.717, 1.165) is 19.6 Å². The first-order valence-electron chi connectivity index (χ1n) is 8.62. The lowest BCUT2D eigenvalue weighted by molar-refractivity contribution is -0.0598. The Kier molecular flexibility index (Phi) is 5.86. The van der Waals surface area contributed by atoms with Crippen molar-refractivity contribution in [1.82, 2.24) is 9.55 Å². The number of ether oxygens (including phenoxy) is 1. The van der Waals surface area contributed by atoms with Crippen LogP contribution in [0.15, 0.2) is 12.5 Å². The van der Waals surface area contributed by atoms with Crippen LogP contribution in [0.25, 0.3) is 0 Å². The van der Waals surface area contributed by atoms with Crippen LogP contribution in [0.3, 0.4) is 0 Å². The largest absolute Gasteiger partial charge is 0.410 e. The molecule has 0 bridgehead atoms. The van der Waals surface area contributed by atoms with Gasteiger partial charge in [-0.25, -0.2) is 4.98 Å². The van der Waals surface area contributed by atoms with Gasteiger partial charge in [-0.05, 0) is 23.0 Å². The number of hydrogen-bond acceptors (Lipinski definition) is 3. The van der Waals surface area contributed by atoms with E-state index in [4.69, 9.17) is 9.16 Å². The molecule has 1 atom stereocenters. The zero-order valence-electron chi connectivity index (χ0n) is 15.0. The molecule has 2 rings (SSSR count). The summed E-state index contributed by atoms with van der Waals surface area (Å²) in [5.41, 5.74) is 3.01. The second-order valence-corrected chi connectivity index (χ2v) is 12.9. The fraction of sp³-hybridized carbons (Fsp3) is 0.824. The molecule has 126 valence electrons. The predicted octanol–water partition coefficient (Wildman–Crippen LogP) is 4.36. The summed E-state index contributed by atoms with van der Waals surface area (Å²) in [5.74, 6) is 0. The standard InChI is InChI=1S/C17H32N2O2Si/c1-13(2)22(14(3)4,15(5)6)21-11-16-9-18-12-19(16)10-17-7-8-20-17/h9,12-15,17H,7-8,10-11H2,1-6H3. The summed E-state index contributed by atoms with van der Waals surface area (Å²) < 4.78 is 14.4. The lowest BCUT2D eigenvalue weighted by Gasteiger charge is -2.42. The minimum absolute atomic E-state index is 0.357. The van der Waals surface area contributed by atoms with Crippen LogP contribution in [-0.2, 0) is 22.3 Å². The van der Waals surface area contributed by atoms with Gasteiger partial charge in [-0.1, -0.05) is 41.5 Å². The third kappa shape index (κ3) is 3.47. The summed E-state index contributed by atoms with van der Waals surface area (Å²) in [6, 6.07) is 0. The molecule has 1 aliphatic rings. The molecule has 0 spiro atoms. The molecule has 1 aromatic heterocycles. The van der Waals surface area contributed by atoms with Crippen LogP contribution in [0, 0.1) is 0 Å². The minimum atomic E-state index is -1.81. The smallest absolute Gasteiger partial charge is 0.200 e. The van der Waals surface area contributed by atoms with Crippen LogP contribution >= 0.6 is 0 Å². The van der Waals surface area contributed by atoms with Gasteiger partial charge >= 0.3 is 0 Å². The maximum absolute atomic E-state index is 6.67. The molecule has 0 saturated carbocycles. The van der Waals surface area contributed by atoms with Crippen molar-refractivity contribution in [2.24, 2.45) is 0 Å². The molecule has 0 aliphatic carbocycles. The Balaban J connectivity index is 2.07. The van der Waals surface area contributed by atoms with Gasteiger partial charge in [-0.2, -0.15) is 0 Å². The number of imidazole rings is 1. The van der Waals surface area contributed by atoms with Crippen LogP contribution in [0.1, 0.15) is 53.7 Å². The Bertz CT molecular complexity index is 445. The van der Waals surface area contributed by atoms with Gasteiger partial charge in [0, 0.05) is 6.61 Å². The van der Waals surface area contributed by atoms with Gasteiger partial charge in [-0.3, -0.25) is 0 Å². The van der Waals surface area contributed by atoms with Crippen molar-refractivity contribution in [2.45, 2.75) is 83.8 Å². The zero-order chi connectivity index (χ0) is 16.3. The summed E-state index contributed by atoms with van der Waals surface area (Å²) in [6.07, 6.45) is 5.36. The predicted molar refractivity (Wildman–Crippen MR) is 92.4 cm³/mol. The van der Waals surface area contributed by atoms with E-state index >= 15 is 0 Å². The van der Waals surface area contributed by atoms with Gasteiger partial charge in [0.05, 0.1) is 37.5 Å². The molecule has 0 aromatic carbocycles. The first-order valence-corrected chi connectivity index (χ1v) is 10.8. The normalized spacial score (nSPS) is 19.2. The van der Waals surface area contributed by atoms with Crippen LogP contribution in [-0.4, -0.2) is 30.6 Å². The van der Waals surface area contributed by atoms with E-state index in [2.05, 4.69) is 51.1 Å². The molecule has 0 radical (unpaired) electrons. The van der Waals surface area contributed by atoms with E-state index in [9.17, 15) is 0 Å². The van der Waals surface area contributed by atoms with Gasteiger partial charge in [0.1, 0.15) is 0 Å². The Labute approximate surface area is 136 Å². The quantitative estimate of drug-likeness (QED) is 0.666. The second-order valence-electron chi connectivity index (χ2n) is 7.43. The third-order valence-electron chi connectivity index (χ3n) is 5.17. The van der Waals surface area contributed by atoms with Gasteiger partial charge in [0.2, 0.25) is 8.32 Å². The number of aromatic nitrogens is 2. The van der Waals surface area contributed by atoms with Crippen molar-refractivity contribution in [3.63, 3.8) is 0 Å². The topological polar surface area (TPSA) is 36.3 Å². The summed E-state index contributed by atoms with van der Waals surface area (Å²) in [5, 5.41) is 0. The second kappa shape index (κ2) is 7.28. The van der Waals surface area contributed by atoms with Gasteiger partial charge in [-0.15, -0.1) is 0 Å². The van der Waals surface area contributed by atoms with Crippen molar-refractivity contribution in [3.05, 3.63) is 18.2 Å². The molecule has 0 N–H and O–H groups in total. The van der Waals surface area contributed by atoms with Gasteiger partial charge in [0.25, 0.3) is 0 Å². The Hall–Kier alpha value is -0.653. The molecule has 5 heteroatoms. The van der Waals surface area contributed by atoms with Crippen molar-refractivity contribution in [1.29, 1.82) is 0 Å². The maximum Gasteiger partial charge on any atom is 0.200 e. The molecular weight excluding hydrogens is 292 g/mol. The van der Waals surface area contributed by atoms with Crippen molar-refractivity contribution < 1.29 is 9.16 Å². The van der Waals surface area contributed by atoms with Crippen molar-refractivity contribution >= 4 is 8.32 Å². The lowest BCUT2D eigenvalue weighted by Crippen LogP contribution is -2.47. The summed E-state index contributed by atoms with van der Waals surface area (Å²) in [6.45, 7) is 16.4. The highest BCUT2D eigenvalue weighted by Crippen LogP contribution is 2.42. The van der Waals surface area contributed by atoms with Crippen LogP contribution < -0.4 is 0 Å². The molecule has 2 heterocycles. The summed E-state index contributed by atoms with van der Waals surface area (Å²) in [4.78, 5) is 4.31. The Morgan fingerprint density at radius 1 is 1.23 bits per heavy atom. The number of rotatable bonds is 8. The van der Waals surface area contributed by atoms with E-state index in [1.807, 2.05) is 12.5 Å². The fourth-order valence-corrected chi connectivity index (χ4v) is 9.38. The zero-order valence-corrected chi connectivity index (χ0v) is 16.0. The monoisotopic (exact) mass is 324 g/mol. The van der Waals surface area contributed by atoms with Crippen molar-refractivity contribution in [3.8, 4) is 0 Å². The Morgan fingerprint density at radius 2 is 1.82 bits per heavy atom. The first kappa shape index (κ1) is 17.7. The molecule has 1 fully saturated rings. The molecule has 4 nitrogen and oxygen atoms in total. The van der Waals surface area contributed by atoms with Gasteiger partial charge in [0.15, 0.2) is 0 Å². The third-order valence-corrected chi connectivity index (χ3v) is 11.2. The minimum Gasteiger partial charge on any atom is -0.410 e. The first-order chi connectivity index (χ1) is 10.4. The highest BCUT2D eigenvalue weighted by molar-refractivity contribution is 6.77. The molecule has 1 aliphatic heterocycles. The number of nitrogens with zero attached hydrogens (tertiary/aromatic N) is 2. The summed E-state index contributed by atoms with van der Waals surface area (Å²) >= 11 is 0. The van der Waals surface area contributed by atoms with E-state index < -0.39 is 8.32 Å². The lowest BCUT2D eigenvalue weighted by atomic mass is 10.2. The van der Waals surface area contributed by atoms with Crippen molar-refractivity contribution in [2.75, 3.05) is 6.61 Å². The van der Waals surface area contributed by atoms with Gasteiger partial charge < -0.3 is 13.7 Å². The maximum atomic E-state index is 6.67. The van der Waals surface area contributed by atoms with Crippen LogP contribution in [0.4, 0.5) is 0 Å². The molecule has 22 heavy (non-hydrogen) atoms. The van der Waals surface area contributed by atoms with E-state index in [1.165, 1.54) is 5.69 Å². The molecular formula is C17H32N2O2Si. The van der Waals surface area contributed by atoms with E-state index in [-0.39, 0.29) is 0 Å². The highest BCUT2D eigenvalue weighted by Gasteiger charge is 2.45. The molecule has 1 aromatic rings. The Morgan fingerprint density at radius 3 is 2.27 bits per heavy atom. The summed E-state index contributed by atoms with van der Waals surface area (Å²) in [7, 11) is -1.81. The molecule has 1 unspecified atom stereocenters. The van der Waals surface area contributed by atoms with E-state index in [0.29, 0.717) is 29.3 Å². The van der Waals surface area contributed by atoms with E-state index in [1.54, 1.807) is 0 Å². The SMILES string of the molecule is CC(C)[Si](OCc1cncn1CC1CCO1)(C(C)C)C(C)C. The van der Waals surface area contributed by atoms with Crippen LogP contribution in [0.2, 0.25) is 16.6 Å². The molecule has 0 amide bonds. The average molecular weight is 325 g/mol. The van der Waals surface area contributed by atoms with Crippen LogP contribution in [0.5, 0.6) is 0 Å². The fourth-order valence-electron chi connectivity index (χ4n) is 3.98.